The van der Waals surface area contributed by atoms with E-state index in [0.717, 1.165) is 19.4 Å². The maximum absolute atomic E-state index is 12.6. The van der Waals surface area contributed by atoms with E-state index >= 15 is 0 Å². The number of nitrogens with zero attached hydrogens (tertiary/aromatic N) is 1. The summed E-state index contributed by atoms with van der Waals surface area (Å²) in [6.07, 6.45) is 5.05. The van der Waals surface area contributed by atoms with Crippen LogP contribution in [0.4, 0.5) is 0 Å². The monoisotopic (exact) mass is 266 g/mol. The van der Waals surface area contributed by atoms with Gasteiger partial charge in [-0.15, -0.1) is 0 Å². The van der Waals surface area contributed by atoms with E-state index in [9.17, 15) is 4.79 Å². The number of amides is 1. The molecule has 2 fully saturated rings. The minimum atomic E-state index is 0.0273. The molecule has 2 unspecified atom stereocenters. The summed E-state index contributed by atoms with van der Waals surface area (Å²) in [5, 5.41) is 3.56. The van der Waals surface area contributed by atoms with Gasteiger partial charge in [-0.25, -0.2) is 0 Å². The first-order chi connectivity index (χ1) is 8.91. The van der Waals surface area contributed by atoms with Gasteiger partial charge in [0.05, 0.1) is 12.2 Å². The summed E-state index contributed by atoms with van der Waals surface area (Å²) in [6.45, 7) is 12.0. The van der Waals surface area contributed by atoms with E-state index in [1.807, 2.05) is 0 Å². The maximum Gasteiger partial charge on any atom is 0.241 e. The fraction of sp³-hybridized carbons (Fsp3) is 0.938. The molecule has 2 rings (SSSR count). The van der Waals surface area contributed by atoms with Gasteiger partial charge in [-0.1, -0.05) is 41.0 Å². The molecule has 1 saturated carbocycles. The number of nitrogens with one attached hydrogen (secondary N) is 1. The highest BCUT2D eigenvalue weighted by Crippen LogP contribution is 2.52. The van der Waals surface area contributed by atoms with E-state index in [1.165, 1.54) is 12.8 Å². The van der Waals surface area contributed by atoms with Crippen LogP contribution in [0.3, 0.4) is 0 Å². The Balaban J connectivity index is 2.09. The van der Waals surface area contributed by atoms with Gasteiger partial charge in [0.1, 0.15) is 0 Å². The Labute approximate surface area is 118 Å². The average Bonchev–Trinajstić information content (AvgIpc) is 3.05. The van der Waals surface area contributed by atoms with E-state index in [-0.39, 0.29) is 12.2 Å². The quantitative estimate of drug-likeness (QED) is 0.801. The predicted octanol–water partition coefficient (Wildman–Crippen LogP) is 3.01. The molecule has 3 heteroatoms. The Morgan fingerprint density at radius 1 is 1.32 bits per heavy atom. The minimum absolute atomic E-state index is 0.0273. The van der Waals surface area contributed by atoms with Crippen LogP contribution in [0, 0.1) is 17.3 Å². The van der Waals surface area contributed by atoms with Crippen molar-refractivity contribution in [1.29, 1.82) is 0 Å². The van der Waals surface area contributed by atoms with Gasteiger partial charge in [0.2, 0.25) is 5.91 Å². The van der Waals surface area contributed by atoms with E-state index in [4.69, 9.17) is 0 Å². The highest BCUT2D eigenvalue weighted by molar-refractivity contribution is 5.84. The summed E-state index contributed by atoms with van der Waals surface area (Å²) in [7, 11) is 0. The van der Waals surface area contributed by atoms with Crippen LogP contribution in [0.25, 0.3) is 0 Å². The van der Waals surface area contributed by atoms with Crippen LogP contribution >= 0.6 is 0 Å². The number of rotatable bonds is 6. The van der Waals surface area contributed by atoms with Crippen LogP contribution < -0.4 is 5.32 Å². The lowest BCUT2D eigenvalue weighted by molar-refractivity contribution is -0.131. The molecule has 2 aliphatic rings. The van der Waals surface area contributed by atoms with Crippen LogP contribution in [0.5, 0.6) is 0 Å². The summed E-state index contributed by atoms with van der Waals surface area (Å²) >= 11 is 0. The molecule has 0 radical (unpaired) electrons. The van der Waals surface area contributed by atoms with Crippen LogP contribution in [0.15, 0.2) is 0 Å². The maximum atomic E-state index is 12.6. The highest BCUT2D eigenvalue weighted by Gasteiger charge is 2.50. The van der Waals surface area contributed by atoms with Crippen molar-refractivity contribution < 1.29 is 4.79 Å². The zero-order valence-electron chi connectivity index (χ0n) is 13.2. The molecule has 0 spiro atoms. The number of carbonyl (C=O) groups is 1. The van der Waals surface area contributed by atoms with Gasteiger partial charge >= 0.3 is 0 Å². The molecule has 1 aliphatic carbocycles. The lowest BCUT2D eigenvalue weighted by Crippen LogP contribution is -2.42. The summed E-state index contributed by atoms with van der Waals surface area (Å²) in [6, 6.07) is 0.0273. The standard InChI is InChI=1S/C16H30N2O/c1-6-7-13-17-14(11(2)3)15(19)18(13)10-16(8-9-16)12(4)5/h11-14,17H,6-10H2,1-5H3. The van der Waals surface area contributed by atoms with Gasteiger partial charge < -0.3 is 4.90 Å². The predicted molar refractivity (Wildman–Crippen MR) is 78.7 cm³/mol. The fourth-order valence-corrected chi connectivity index (χ4v) is 3.30. The molecule has 1 saturated heterocycles. The topological polar surface area (TPSA) is 32.3 Å². The van der Waals surface area contributed by atoms with Crippen molar-refractivity contribution in [2.24, 2.45) is 17.3 Å². The molecule has 110 valence electrons. The van der Waals surface area contributed by atoms with Crippen molar-refractivity contribution in [3.8, 4) is 0 Å². The van der Waals surface area contributed by atoms with E-state index < -0.39 is 0 Å². The first-order valence-electron chi connectivity index (χ1n) is 7.98. The van der Waals surface area contributed by atoms with Crippen molar-refractivity contribution in [1.82, 2.24) is 10.2 Å². The third-order valence-corrected chi connectivity index (χ3v) is 5.13. The smallest absolute Gasteiger partial charge is 0.241 e. The summed E-state index contributed by atoms with van der Waals surface area (Å²) in [5.74, 6) is 1.40. The molecule has 19 heavy (non-hydrogen) atoms. The second-order valence-electron chi connectivity index (χ2n) is 7.18. The fourth-order valence-electron chi connectivity index (χ4n) is 3.30. The van der Waals surface area contributed by atoms with Gasteiger partial charge in [0.15, 0.2) is 0 Å². The molecule has 0 aromatic carbocycles. The van der Waals surface area contributed by atoms with Crippen molar-refractivity contribution >= 4 is 5.91 Å². The Hall–Kier alpha value is -0.570. The number of carbonyl (C=O) groups excluding carboxylic acids is 1. The minimum Gasteiger partial charge on any atom is -0.325 e. The third-order valence-electron chi connectivity index (χ3n) is 5.13. The Morgan fingerprint density at radius 3 is 2.37 bits per heavy atom. The van der Waals surface area contributed by atoms with E-state index in [2.05, 4.69) is 44.8 Å². The van der Waals surface area contributed by atoms with Crippen LogP contribution in [0.2, 0.25) is 0 Å². The first-order valence-corrected chi connectivity index (χ1v) is 7.98. The number of hydrogen-bond donors (Lipinski definition) is 1. The normalized spacial score (nSPS) is 29.6. The molecule has 3 nitrogen and oxygen atoms in total. The molecular formula is C16H30N2O. The van der Waals surface area contributed by atoms with Gasteiger partial charge in [0.25, 0.3) is 0 Å². The lowest BCUT2D eigenvalue weighted by Gasteiger charge is -2.30. The van der Waals surface area contributed by atoms with Gasteiger partial charge in [-0.05, 0) is 36.5 Å². The van der Waals surface area contributed by atoms with Crippen molar-refractivity contribution in [3.05, 3.63) is 0 Å². The summed E-state index contributed by atoms with van der Waals surface area (Å²) in [5.41, 5.74) is 0.412. The molecule has 1 N–H and O–H groups in total. The highest BCUT2D eigenvalue weighted by atomic mass is 16.2. The average molecular weight is 266 g/mol. The molecule has 1 heterocycles. The lowest BCUT2D eigenvalue weighted by atomic mass is 9.91. The van der Waals surface area contributed by atoms with E-state index in [1.54, 1.807) is 0 Å². The zero-order valence-corrected chi connectivity index (χ0v) is 13.2. The van der Waals surface area contributed by atoms with Crippen molar-refractivity contribution in [3.63, 3.8) is 0 Å². The SMILES string of the molecule is CCCC1NC(C(C)C)C(=O)N1CC1(C(C)C)CC1. The van der Waals surface area contributed by atoms with Gasteiger partial charge in [0, 0.05) is 6.54 Å². The number of hydrogen-bond acceptors (Lipinski definition) is 2. The van der Waals surface area contributed by atoms with Crippen LogP contribution in [-0.2, 0) is 4.79 Å². The second-order valence-corrected chi connectivity index (χ2v) is 7.18. The molecule has 0 aromatic rings. The molecule has 0 bridgehead atoms. The first kappa shape index (κ1) is 14.8. The molecular weight excluding hydrogens is 236 g/mol. The Bertz CT molecular complexity index is 334. The molecule has 0 aromatic heterocycles. The Kier molecular flexibility index (Phi) is 4.24. The molecule has 1 aliphatic heterocycles. The van der Waals surface area contributed by atoms with Crippen LogP contribution in [0.1, 0.15) is 60.3 Å². The Morgan fingerprint density at radius 2 is 1.95 bits per heavy atom. The largest absolute Gasteiger partial charge is 0.325 e. The third kappa shape index (κ3) is 2.81. The molecule has 1 amide bonds. The van der Waals surface area contributed by atoms with Crippen molar-refractivity contribution in [2.75, 3.05) is 6.54 Å². The van der Waals surface area contributed by atoms with E-state index in [0.29, 0.717) is 23.2 Å². The summed E-state index contributed by atoms with van der Waals surface area (Å²) in [4.78, 5) is 14.8. The van der Waals surface area contributed by atoms with Crippen molar-refractivity contribution in [2.45, 2.75) is 72.5 Å². The van der Waals surface area contributed by atoms with Gasteiger partial charge in [-0.2, -0.15) is 0 Å². The zero-order chi connectivity index (χ0) is 14.2. The second kappa shape index (κ2) is 5.43. The molecule has 2 atom stereocenters. The van der Waals surface area contributed by atoms with Gasteiger partial charge in [-0.3, -0.25) is 10.1 Å². The summed E-state index contributed by atoms with van der Waals surface area (Å²) < 4.78 is 0. The van der Waals surface area contributed by atoms with Crippen LogP contribution in [-0.4, -0.2) is 29.6 Å².